The fourth-order valence-electron chi connectivity index (χ4n) is 3.12. The normalized spacial score (nSPS) is 17.0. The lowest BCUT2D eigenvalue weighted by Crippen LogP contribution is -2.46. The van der Waals surface area contributed by atoms with Crippen molar-refractivity contribution in [2.45, 2.75) is 26.1 Å². The summed E-state index contributed by atoms with van der Waals surface area (Å²) in [4.78, 5) is 16.9. The third-order valence-corrected chi connectivity index (χ3v) is 4.66. The molecule has 0 unspecified atom stereocenters. The number of carbonyl (C=O) groups excluding carboxylic acids is 1. The van der Waals surface area contributed by atoms with E-state index in [0.717, 1.165) is 5.56 Å². The molecule has 0 spiro atoms. The highest BCUT2D eigenvalue weighted by Crippen LogP contribution is 2.34. The molecule has 0 aliphatic carbocycles. The zero-order chi connectivity index (χ0) is 21.1. The van der Waals surface area contributed by atoms with Gasteiger partial charge in [0, 0.05) is 11.9 Å². The second kappa shape index (κ2) is 8.13. The number of amides is 1. The van der Waals surface area contributed by atoms with Crippen molar-refractivity contribution in [2.75, 3.05) is 5.32 Å². The van der Waals surface area contributed by atoms with Crippen LogP contribution in [-0.4, -0.2) is 23.1 Å². The summed E-state index contributed by atoms with van der Waals surface area (Å²) in [5.41, 5.74) is 1.76. The first-order valence-electron chi connectivity index (χ1n) is 9.42. The molecule has 3 aromatic rings. The minimum absolute atomic E-state index is 0.233. The third kappa shape index (κ3) is 3.89. The van der Waals surface area contributed by atoms with E-state index in [4.69, 9.17) is 19.5 Å². The second-order valence-electron chi connectivity index (χ2n) is 6.84. The molecular weight excluding hydrogens is 382 g/mol. The van der Waals surface area contributed by atoms with E-state index in [-0.39, 0.29) is 11.8 Å². The van der Waals surface area contributed by atoms with Gasteiger partial charge in [0.15, 0.2) is 11.5 Å². The van der Waals surface area contributed by atoms with E-state index in [1.807, 2.05) is 31.2 Å². The van der Waals surface area contributed by atoms with Crippen molar-refractivity contribution in [3.8, 4) is 29.2 Å². The molecule has 7 heteroatoms. The van der Waals surface area contributed by atoms with Gasteiger partial charge in [0.2, 0.25) is 12.0 Å². The number of nitrogens with zero attached hydrogens (tertiary/aromatic N) is 2. The van der Waals surface area contributed by atoms with E-state index in [1.54, 1.807) is 49.5 Å². The molecule has 0 saturated heterocycles. The maximum atomic E-state index is 12.8. The van der Waals surface area contributed by atoms with E-state index in [1.165, 1.54) is 0 Å². The van der Waals surface area contributed by atoms with Crippen LogP contribution in [0.2, 0.25) is 0 Å². The van der Waals surface area contributed by atoms with Gasteiger partial charge in [0.1, 0.15) is 23.5 Å². The fourth-order valence-corrected chi connectivity index (χ4v) is 3.12. The van der Waals surface area contributed by atoms with Gasteiger partial charge in [-0.15, -0.1) is 0 Å². The maximum absolute atomic E-state index is 12.8. The van der Waals surface area contributed by atoms with Gasteiger partial charge in [0.05, 0.1) is 0 Å². The lowest BCUT2D eigenvalue weighted by atomic mass is 10.1. The number of anilines is 1. The lowest BCUT2D eigenvalue weighted by molar-refractivity contribution is -0.128. The minimum atomic E-state index is -0.776. The molecule has 1 aromatic heterocycles. The lowest BCUT2D eigenvalue weighted by Gasteiger charge is -2.31. The van der Waals surface area contributed by atoms with Crippen molar-refractivity contribution < 1.29 is 19.0 Å². The summed E-state index contributed by atoms with van der Waals surface area (Å²) < 4.78 is 17.4. The highest BCUT2D eigenvalue weighted by molar-refractivity contribution is 5.95. The van der Waals surface area contributed by atoms with Crippen molar-refractivity contribution in [3.63, 3.8) is 0 Å². The Balaban J connectivity index is 1.48. The number of fused-ring (bicyclic) bond motifs is 1. The molecule has 2 aromatic carbocycles. The number of carbonyl (C=O) groups is 1. The standard InChI is InChI=1S/C23H19N3O4/c1-14-12-17(29-23-16(13-24)6-5-11-25-23)9-10-18(14)26-22(27)21-15(2)28-19-7-3-4-8-20(19)30-21/h3-12,15,21H,1-2H3,(H,26,27)/t15-,21-/m1/s1. The van der Waals surface area contributed by atoms with E-state index in [9.17, 15) is 4.79 Å². The highest BCUT2D eigenvalue weighted by Gasteiger charge is 2.34. The number of rotatable bonds is 4. The largest absolute Gasteiger partial charge is 0.482 e. The Kier molecular flexibility index (Phi) is 5.22. The number of hydrogen-bond donors (Lipinski definition) is 1. The van der Waals surface area contributed by atoms with Crippen LogP contribution in [0.15, 0.2) is 60.8 Å². The first-order valence-corrected chi connectivity index (χ1v) is 9.42. The number of aromatic nitrogens is 1. The van der Waals surface area contributed by atoms with Crippen molar-refractivity contribution in [1.82, 2.24) is 4.98 Å². The van der Waals surface area contributed by atoms with Gasteiger partial charge in [-0.2, -0.15) is 5.26 Å². The SMILES string of the molecule is Cc1cc(Oc2ncccc2C#N)ccc1NC(=O)[C@@H]1Oc2ccccc2O[C@@H]1C. The van der Waals surface area contributed by atoms with E-state index in [2.05, 4.69) is 10.3 Å². The molecule has 150 valence electrons. The van der Waals surface area contributed by atoms with Crippen LogP contribution in [-0.2, 0) is 4.79 Å². The molecule has 7 nitrogen and oxygen atoms in total. The van der Waals surface area contributed by atoms with Gasteiger partial charge in [-0.25, -0.2) is 4.98 Å². The van der Waals surface area contributed by atoms with Gasteiger partial charge in [-0.05, 0) is 61.9 Å². The van der Waals surface area contributed by atoms with Crippen LogP contribution in [0, 0.1) is 18.3 Å². The topological polar surface area (TPSA) is 93.5 Å². The minimum Gasteiger partial charge on any atom is -0.482 e. The Bertz CT molecular complexity index is 1140. The quantitative estimate of drug-likeness (QED) is 0.703. The maximum Gasteiger partial charge on any atom is 0.269 e. The summed E-state index contributed by atoms with van der Waals surface area (Å²) in [6.45, 7) is 3.65. The fraction of sp³-hybridized carbons (Fsp3) is 0.174. The summed E-state index contributed by atoms with van der Waals surface area (Å²) in [7, 11) is 0. The van der Waals surface area contributed by atoms with Gasteiger partial charge < -0.3 is 19.5 Å². The zero-order valence-corrected chi connectivity index (χ0v) is 16.5. The molecule has 4 rings (SSSR count). The van der Waals surface area contributed by atoms with Crippen LogP contribution < -0.4 is 19.5 Å². The van der Waals surface area contributed by atoms with Gasteiger partial charge in [-0.3, -0.25) is 4.79 Å². The van der Waals surface area contributed by atoms with Gasteiger partial charge >= 0.3 is 0 Å². The van der Waals surface area contributed by atoms with Crippen molar-refractivity contribution in [3.05, 3.63) is 71.9 Å². The molecule has 1 aliphatic heterocycles. The molecule has 30 heavy (non-hydrogen) atoms. The number of ether oxygens (including phenoxy) is 3. The Morgan fingerprint density at radius 2 is 1.90 bits per heavy atom. The van der Waals surface area contributed by atoms with E-state index < -0.39 is 12.2 Å². The number of nitrogens with one attached hydrogen (secondary N) is 1. The Labute approximate surface area is 173 Å². The molecule has 1 N–H and O–H groups in total. The average Bonchev–Trinajstić information content (AvgIpc) is 2.75. The van der Waals surface area contributed by atoms with Gasteiger partial charge in [-0.1, -0.05) is 12.1 Å². The number of para-hydroxylation sites is 2. The van der Waals surface area contributed by atoms with Crippen LogP contribution in [0.25, 0.3) is 0 Å². The Morgan fingerprint density at radius 1 is 1.13 bits per heavy atom. The molecule has 2 atom stereocenters. The van der Waals surface area contributed by atoms with Crippen LogP contribution in [0.1, 0.15) is 18.1 Å². The number of nitriles is 1. The third-order valence-electron chi connectivity index (χ3n) is 4.66. The summed E-state index contributed by atoms with van der Waals surface area (Å²) in [5.74, 6) is 1.61. The molecule has 0 fully saturated rings. The molecule has 0 bridgehead atoms. The van der Waals surface area contributed by atoms with Crippen molar-refractivity contribution >= 4 is 11.6 Å². The van der Waals surface area contributed by atoms with Crippen LogP contribution in [0.4, 0.5) is 5.69 Å². The Hall–Kier alpha value is -4.05. The summed E-state index contributed by atoms with van der Waals surface area (Å²) >= 11 is 0. The van der Waals surface area contributed by atoms with Crippen LogP contribution >= 0.6 is 0 Å². The first kappa shape index (κ1) is 19.3. The smallest absolute Gasteiger partial charge is 0.269 e. The molecule has 0 radical (unpaired) electrons. The van der Waals surface area contributed by atoms with Crippen molar-refractivity contribution in [2.24, 2.45) is 0 Å². The predicted molar refractivity (Wildman–Crippen MR) is 110 cm³/mol. The van der Waals surface area contributed by atoms with Crippen LogP contribution in [0.5, 0.6) is 23.1 Å². The van der Waals surface area contributed by atoms with Crippen molar-refractivity contribution in [1.29, 1.82) is 5.26 Å². The molecule has 0 saturated carbocycles. The molecule has 1 aliphatic rings. The summed E-state index contributed by atoms with van der Waals surface area (Å²) in [6.07, 6.45) is 0.349. The highest BCUT2D eigenvalue weighted by atomic mass is 16.6. The predicted octanol–water partition coefficient (Wildman–Crippen LogP) is 4.22. The van der Waals surface area contributed by atoms with E-state index >= 15 is 0 Å². The number of hydrogen-bond acceptors (Lipinski definition) is 6. The number of benzene rings is 2. The summed E-state index contributed by atoms with van der Waals surface area (Å²) in [6, 6.07) is 17.8. The van der Waals surface area contributed by atoms with E-state index in [0.29, 0.717) is 28.5 Å². The van der Waals surface area contributed by atoms with Gasteiger partial charge in [0.25, 0.3) is 5.91 Å². The monoisotopic (exact) mass is 401 g/mol. The first-order chi connectivity index (χ1) is 14.5. The molecule has 2 heterocycles. The second-order valence-corrected chi connectivity index (χ2v) is 6.84. The Morgan fingerprint density at radius 3 is 2.63 bits per heavy atom. The van der Waals surface area contributed by atoms with Crippen LogP contribution in [0.3, 0.4) is 0 Å². The summed E-state index contributed by atoms with van der Waals surface area (Å²) in [5, 5.41) is 12.0. The number of pyridine rings is 1. The average molecular weight is 401 g/mol. The molecular formula is C23H19N3O4. The molecule has 1 amide bonds. The number of aryl methyl sites for hydroxylation is 1. The zero-order valence-electron chi connectivity index (χ0n) is 16.5.